The van der Waals surface area contributed by atoms with Gasteiger partial charge >= 0.3 is 0 Å². The smallest absolute Gasteiger partial charge is 0.258 e. The second-order valence-corrected chi connectivity index (χ2v) is 9.92. The lowest BCUT2D eigenvalue weighted by atomic mass is 9.59. The molecule has 2 amide bonds. The van der Waals surface area contributed by atoms with Gasteiger partial charge in [-0.15, -0.1) is 0 Å². The lowest BCUT2D eigenvalue weighted by Gasteiger charge is -2.56. The first kappa shape index (κ1) is 23.3. The van der Waals surface area contributed by atoms with E-state index in [0.29, 0.717) is 44.4 Å². The molecule has 0 aromatic heterocycles. The first-order valence-electron chi connectivity index (χ1n) is 11.4. The summed E-state index contributed by atoms with van der Waals surface area (Å²) in [5.41, 5.74) is -1.11. The molecule has 1 unspecified atom stereocenters. The SMILES string of the molecule is O=C(COc1ccc(Cl)c(F)c1)NC12CCC(NC(=O)CC3CCNCC3)(CC1)C(O)C2. The van der Waals surface area contributed by atoms with Gasteiger partial charge in [-0.3, -0.25) is 9.59 Å². The van der Waals surface area contributed by atoms with Crippen LogP contribution in [0.5, 0.6) is 5.75 Å². The van der Waals surface area contributed by atoms with E-state index in [1.807, 2.05) is 0 Å². The fraction of sp³-hybridized carbons (Fsp3) is 0.652. The molecule has 0 spiro atoms. The number of carbonyl (C=O) groups is 2. The summed E-state index contributed by atoms with van der Waals surface area (Å²) in [5.74, 6) is -0.300. The number of benzene rings is 1. The molecule has 1 aromatic carbocycles. The predicted octanol–water partition coefficient (Wildman–Crippen LogP) is 2.30. The Morgan fingerprint density at radius 1 is 1.16 bits per heavy atom. The summed E-state index contributed by atoms with van der Waals surface area (Å²) >= 11 is 5.66. The maximum absolute atomic E-state index is 13.5. The zero-order valence-electron chi connectivity index (χ0n) is 18.1. The summed E-state index contributed by atoms with van der Waals surface area (Å²) in [7, 11) is 0. The van der Waals surface area contributed by atoms with E-state index >= 15 is 0 Å². The molecule has 9 heteroatoms. The van der Waals surface area contributed by atoms with E-state index in [2.05, 4.69) is 16.0 Å². The number of fused-ring (bicyclic) bond motifs is 3. The Morgan fingerprint density at radius 2 is 1.88 bits per heavy atom. The third-order valence-corrected chi connectivity index (χ3v) is 7.61. The molecule has 3 saturated carbocycles. The quantitative estimate of drug-likeness (QED) is 0.493. The number of rotatable bonds is 7. The number of carbonyl (C=O) groups excluding carboxylic acids is 2. The molecule has 7 nitrogen and oxygen atoms in total. The molecule has 1 aliphatic heterocycles. The number of amides is 2. The molecular weight excluding hydrogens is 437 g/mol. The predicted molar refractivity (Wildman–Crippen MR) is 118 cm³/mol. The minimum atomic E-state index is -0.714. The van der Waals surface area contributed by atoms with Crippen LogP contribution in [0.3, 0.4) is 0 Å². The highest BCUT2D eigenvalue weighted by molar-refractivity contribution is 6.30. The van der Waals surface area contributed by atoms with E-state index in [1.165, 1.54) is 12.1 Å². The van der Waals surface area contributed by atoms with Gasteiger partial charge in [0.05, 0.1) is 16.7 Å². The number of aliphatic hydroxyl groups is 1. The Labute approximate surface area is 192 Å². The van der Waals surface area contributed by atoms with Gasteiger partial charge in [0.15, 0.2) is 6.61 Å². The van der Waals surface area contributed by atoms with Crippen LogP contribution < -0.4 is 20.7 Å². The first-order valence-corrected chi connectivity index (χ1v) is 11.8. The van der Waals surface area contributed by atoms with Gasteiger partial charge in [0.1, 0.15) is 11.6 Å². The van der Waals surface area contributed by atoms with Crippen molar-refractivity contribution in [1.82, 2.24) is 16.0 Å². The summed E-state index contributed by atoms with van der Waals surface area (Å²) in [6, 6.07) is 4.02. The topological polar surface area (TPSA) is 99.7 Å². The van der Waals surface area contributed by atoms with E-state index in [-0.39, 0.29) is 29.2 Å². The normalized spacial score (nSPS) is 30.0. The van der Waals surface area contributed by atoms with Crippen LogP contribution in [-0.4, -0.2) is 53.8 Å². The minimum Gasteiger partial charge on any atom is -0.484 e. The summed E-state index contributed by atoms with van der Waals surface area (Å²) in [4.78, 5) is 25.2. The van der Waals surface area contributed by atoms with Gasteiger partial charge < -0.3 is 25.8 Å². The molecule has 5 rings (SSSR count). The van der Waals surface area contributed by atoms with E-state index in [1.54, 1.807) is 0 Å². The Bertz CT molecular complexity index is 854. The van der Waals surface area contributed by atoms with Gasteiger partial charge in [0, 0.05) is 18.0 Å². The molecule has 1 atom stereocenters. The monoisotopic (exact) mass is 467 g/mol. The van der Waals surface area contributed by atoms with Crippen molar-refractivity contribution in [2.24, 2.45) is 5.92 Å². The van der Waals surface area contributed by atoms with Crippen molar-refractivity contribution in [3.8, 4) is 5.75 Å². The number of halogens is 2. The Morgan fingerprint density at radius 3 is 2.53 bits per heavy atom. The number of ether oxygens (including phenoxy) is 1. The van der Waals surface area contributed by atoms with Gasteiger partial charge in [-0.25, -0.2) is 4.39 Å². The zero-order valence-corrected chi connectivity index (χ0v) is 18.8. The number of aliphatic hydroxyl groups excluding tert-OH is 1. The Balaban J connectivity index is 1.28. The third kappa shape index (κ3) is 5.18. The molecule has 1 heterocycles. The molecule has 1 saturated heterocycles. The summed E-state index contributed by atoms with van der Waals surface area (Å²) in [5, 5.41) is 20.4. The molecule has 3 aliphatic carbocycles. The molecule has 0 radical (unpaired) electrons. The van der Waals surface area contributed by atoms with Crippen molar-refractivity contribution in [2.75, 3.05) is 19.7 Å². The Hall–Kier alpha value is -1.90. The highest BCUT2D eigenvalue weighted by atomic mass is 35.5. The van der Waals surface area contributed by atoms with Crippen molar-refractivity contribution in [1.29, 1.82) is 0 Å². The maximum Gasteiger partial charge on any atom is 0.258 e. The van der Waals surface area contributed by atoms with Gasteiger partial charge in [0.25, 0.3) is 5.91 Å². The van der Waals surface area contributed by atoms with Gasteiger partial charge in [-0.2, -0.15) is 0 Å². The molecule has 4 fully saturated rings. The summed E-state index contributed by atoms with van der Waals surface area (Å²) < 4.78 is 18.9. The number of hydrogen-bond donors (Lipinski definition) is 4. The lowest BCUT2D eigenvalue weighted by molar-refractivity contribution is -0.136. The second kappa shape index (κ2) is 9.53. The van der Waals surface area contributed by atoms with E-state index in [4.69, 9.17) is 16.3 Å². The second-order valence-electron chi connectivity index (χ2n) is 9.51. The minimum absolute atomic E-state index is 0.00888. The van der Waals surface area contributed by atoms with Gasteiger partial charge in [-0.1, -0.05) is 11.6 Å². The van der Waals surface area contributed by atoms with Crippen LogP contribution >= 0.6 is 11.6 Å². The first-order chi connectivity index (χ1) is 15.3. The van der Waals surface area contributed by atoms with Crippen LogP contribution in [-0.2, 0) is 9.59 Å². The van der Waals surface area contributed by atoms with Gasteiger partial charge in [0.2, 0.25) is 5.91 Å². The molecular formula is C23H31ClFN3O4. The Kier molecular flexibility index (Phi) is 6.93. The molecule has 2 bridgehead atoms. The van der Waals surface area contributed by atoms with Crippen molar-refractivity contribution >= 4 is 23.4 Å². The van der Waals surface area contributed by atoms with Gasteiger partial charge in [-0.05, 0) is 76.1 Å². The van der Waals surface area contributed by atoms with Crippen LogP contribution in [0.4, 0.5) is 4.39 Å². The number of hydrogen-bond acceptors (Lipinski definition) is 5. The molecule has 4 aliphatic rings. The van der Waals surface area contributed by atoms with Crippen LogP contribution in [0.25, 0.3) is 0 Å². The maximum atomic E-state index is 13.5. The standard InChI is InChI=1S/C23H31ClFN3O4/c24-17-2-1-16(12-18(17)25)32-14-21(31)27-22-5-7-23(8-6-22,19(29)13-22)28-20(30)11-15-3-9-26-10-4-15/h1-2,12,15,19,26,29H,3-11,13-14H2,(H,27,31)(H,28,30). The number of nitrogens with one attached hydrogen (secondary N) is 3. The molecule has 176 valence electrons. The fourth-order valence-corrected chi connectivity index (χ4v) is 5.50. The largest absolute Gasteiger partial charge is 0.484 e. The molecule has 1 aromatic rings. The molecule has 32 heavy (non-hydrogen) atoms. The summed E-state index contributed by atoms with van der Waals surface area (Å²) in [6.45, 7) is 1.65. The van der Waals surface area contributed by atoms with Crippen molar-refractivity contribution in [3.63, 3.8) is 0 Å². The highest BCUT2D eigenvalue weighted by Crippen LogP contribution is 2.47. The number of piperidine rings is 1. The van der Waals surface area contributed by atoms with E-state index in [9.17, 15) is 19.1 Å². The van der Waals surface area contributed by atoms with Crippen molar-refractivity contribution < 1.29 is 23.8 Å². The average Bonchev–Trinajstić information content (AvgIpc) is 2.76. The third-order valence-electron chi connectivity index (χ3n) is 7.31. The zero-order chi connectivity index (χ0) is 22.8. The van der Waals surface area contributed by atoms with Crippen LogP contribution in [0.2, 0.25) is 5.02 Å². The lowest BCUT2D eigenvalue weighted by Crippen LogP contribution is -2.70. The van der Waals surface area contributed by atoms with Crippen molar-refractivity contribution in [2.45, 2.75) is 68.5 Å². The van der Waals surface area contributed by atoms with Crippen LogP contribution in [0, 0.1) is 11.7 Å². The van der Waals surface area contributed by atoms with Crippen molar-refractivity contribution in [3.05, 3.63) is 29.0 Å². The average molecular weight is 468 g/mol. The van der Waals surface area contributed by atoms with Crippen LogP contribution in [0.15, 0.2) is 18.2 Å². The fourth-order valence-electron chi connectivity index (χ4n) is 5.39. The molecule has 4 N–H and O–H groups in total. The summed E-state index contributed by atoms with van der Waals surface area (Å²) in [6.07, 6.45) is 4.78. The van der Waals surface area contributed by atoms with E-state index in [0.717, 1.165) is 32.0 Å². The van der Waals surface area contributed by atoms with Crippen LogP contribution in [0.1, 0.15) is 51.4 Å². The van der Waals surface area contributed by atoms with E-state index < -0.39 is 23.0 Å². The highest BCUT2D eigenvalue weighted by Gasteiger charge is 2.55.